The van der Waals surface area contributed by atoms with Gasteiger partial charge in [-0.2, -0.15) is 0 Å². The fraction of sp³-hybridized carbons (Fsp3) is 0.824. The van der Waals surface area contributed by atoms with E-state index >= 15 is 0 Å². The van der Waals surface area contributed by atoms with Crippen molar-refractivity contribution < 1.29 is 0 Å². The summed E-state index contributed by atoms with van der Waals surface area (Å²) < 4.78 is 0. The van der Waals surface area contributed by atoms with Crippen LogP contribution < -0.4 is 0 Å². The molecule has 0 aromatic rings. The van der Waals surface area contributed by atoms with Crippen molar-refractivity contribution in [1.29, 1.82) is 0 Å². The minimum absolute atomic E-state index is 0.732. The molecule has 0 amide bonds. The van der Waals surface area contributed by atoms with Gasteiger partial charge in [0.25, 0.3) is 0 Å². The van der Waals surface area contributed by atoms with E-state index in [1.54, 1.807) is 33.4 Å². The number of hydrogen-bond donors (Lipinski definition) is 0. The monoisotopic (exact) mass is 1040 g/mol. The summed E-state index contributed by atoms with van der Waals surface area (Å²) in [6.45, 7) is 65.8. The van der Waals surface area contributed by atoms with Crippen LogP contribution in [0.15, 0.2) is 69.9 Å². The standard InChI is InChI=1S/3C10H19N.2C9H17N.C8H15N.6C2H6/c2*1-9(2)10-5-4-7-11(3)8-6-10;1-9(2)10-6-4-5-7-11(3)8-10;1-8(2)9-4-6-10(3)7-5-9;1-8(2)9-5-4-6-10(3)7-9;1-7(2)8-4-5-9(3)6-8;6*1-2/h6,9H,4-5,7-8H2,1-3H3;5,9H,4,6-8H2,1-3H3;6,9H,4-5,7-8H2,1-3H3;4,8H,5-7H2,1-3H3;5,8H,4,6-7H2,1-3H3;4,7H,5-6H2,1-3H3;6*1-2H3. The lowest BCUT2D eigenvalue weighted by Crippen LogP contribution is -2.27. The highest BCUT2D eigenvalue weighted by Gasteiger charge is 2.14. The van der Waals surface area contributed by atoms with Crippen molar-refractivity contribution in [3.05, 3.63) is 69.9 Å². The molecule has 6 nitrogen and oxygen atoms in total. The van der Waals surface area contributed by atoms with Crippen LogP contribution in [0.2, 0.25) is 0 Å². The maximum absolute atomic E-state index is 2.42. The molecule has 0 aromatic carbocycles. The lowest BCUT2D eigenvalue weighted by molar-refractivity contribution is 0.342. The molecule has 0 spiro atoms. The van der Waals surface area contributed by atoms with E-state index < -0.39 is 0 Å². The molecule has 0 bridgehead atoms. The van der Waals surface area contributed by atoms with Crippen molar-refractivity contribution >= 4 is 0 Å². The molecular weight excluding hydrogens is 901 g/mol. The molecule has 0 saturated heterocycles. The molecule has 0 fully saturated rings. The zero-order valence-electron chi connectivity index (χ0n) is 56.8. The number of nitrogens with zero attached hydrogens (tertiary/aromatic N) is 6. The molecule has 0 atom stereocenters. The minimum Gasteiger partial charge on any atom is -0.306 e. The molecule has 0 unspecified atom stereocenters. The van der Waals surface area contributed by atoms with Crippen molar-refractivity contribution in [3.63, 3.8) is 0 Å². The highest BCUT2D eigenvalue weighted by Crippen LogP contribution is 2.21. The van der Waals surface area contributed by atoms with Crippen LogP contribution in [0.4, 0.5) is 0 Å². The number of hydrogen-bond acceptors (Lipinski definition) is 6. The summed E-state index contributed by atoms with van der Waals surface area (Å²) in [5.74, 6) is 4.48. The predicted octanol–water partition coefficient (Wildman–Crippen LogP) is 18.4. The van der Waals surface area contributed by atoms with Crippen LogP contribution in [0, 0.1) is 35.5 Å². The van der Waals surface area contributed by atoms with Crippen LogP contribution in [0.1, 0.15) is 218 Å². The van der Waals surface area contributed by atoms with Crippen LogP contribution in [-0.4, -0.2) is 150 Å². The van der Waals surface area contributed by atoms with Crippen LogP contribution >= 0.6 is 0 Å². The third-order valence-electron chi connectivity index (χ3n) is 13.4. The van der Waals surface area contributed by atoms with E-state index in [2.05, 4.69) is 191 Å². The molecule has 6 heteroatoms. The molecule has 6 heterocycles. The predicted molar refractivity (Wildman–Crippen MR) is 348 cm³/mol. The summed E-state index contributed by atoms with van der Waals surface area (Å²) in [6.07, 6.45) is 24.6. The topological polar surface area (TPSA) is 19.4 Å². The van der Waals surface area contributed by atoms with Crippen LogP contribution in [0.3, 0.4) is 0 Å². The van der Waals surface area contributed by atoms with Gasteiger partial charge < -0.3 is 24.5 Å². The number of rotatable bonds is 6. The lowest BCUT2D eigenvalue weighted by Gasteiger charge is -2.24. The Kier molecular flexibility index (Phi) is 64.8. The van der Waals surface area contributed by atoms with Gasteiger partial charge in [0, 0.05) is 65.4 Å². The van der Waals surface area contributed by atoms with Crippen molar-refractivity contribution in [2.75, 3.05) is 121 Å². The largest absolute Gasteiger partial charge is 0.306 e. The second-order valence-electron chi connectivity index (χ2n) is 21.4. The summed E-state index contributed by atoms with van der Waals surface area (Å²) in [6, 6.07) is 0. The van der Waals surface area contributed by atoms with E-state index in [1.807, 2.05) is 83.1 Å². The summed E-state index contributed by atoms with van der Waals surface area (Å²) in [5, 5.41) is 0. The summed E-state index contributed by atoms with van der Waals surface area (Å²) in [5.41, 5.74) is 9.75. The van der Waals surface area contributed by atoms with Gasteiger partial charge in [-0.1, -0.05) is 236 Å². The maximum atomic E-state index is 2.42. The van der Waals surface area contributed by atoms with E-state index in [0.29, 0.717) is 0 Å². The van der Waals surface area contributed by atoms with Gasteiger partial charge in [-0.15, -0.1) is 0 Å². The van der Waals surface area contributed by atoms with E-state index in [9.17, 15) is 0 Å². The van der Waals surface area contributed by atoms with E-state index in [1.165, 1.54) is 110 Å². The fourth-order valence-electron chi connectivity index (χ4n) is 8.38. The Morgan fingerprint density at radius 1 is 0.257 bits per heavy atom. The van der Waals surface area contributed by atoms with Gasteiger partial charge in [-0.3, -0.25) is 4.90 Å². The highest BCUT2D eigenvalue weighted by molar-refractivity contribution is 5.14. The van der Waals surface area contributed by atoms with Crippen molar-refractivity contribution in [3.8, 4) is 0 Å². The van der Waals surface area contributed by atoms with Crippen molar-refractivity contribution in [2.45, 2.75) is 218 Å². The fourth-order valence-corrected chi connectivity index (χ4v) is 8.38. The molecule has 0 aromatic heterocycles. The van der Waals surface area contributed by atoms with E-state index in [0.717, 1.165) is 55.1 Å². The molecule has 0 aliphatic carbocycles. The summed E-state index contributed by atoms with van der Waals surface area (Å²) in [7, 11) is 13.1. The Hall–Kier alpha value is -1.80. The first-order valence-electron chi connectivity index (χ1n) is 31.4. The van der Waals surface area contributed by atoms with Gasteiger partial charge in [0.15, 0.2) is 0 Å². The maximum Gasteiger partial charge on any atom is 0.0196 e. The molecule has 0 radical (unpaired) electrons. The van der Waals surface area contributed by atoms with Gasteiger partial charge in [0.2, 0.25) is 0 Å². The zero-order chi connectivity index (χ0) is 58.8. The molecule has 6 rings (SSSR count). The molecule has 6 aliphatic heterocycles. The normalized spacial score (nSPS) is 18.5. The Labute approximate surface area is 471 Å². The van der Waals surface area contributed by atoms with Gasteiger partial charge in [-0.25, -0.2) is 0 Å². The highest BCUT2D eigenvalue weighted by atomic mass is 15.1. The van der Waals surface area contributed by atoms with E-state index in [-0.39, 0.29) is 0 Å². The van der Waals surface area contributed by atoms with Crippen molar-refractivity contribution in [2.24, 2.45) is 35.5 Å². The third-order valence-corrected chi connectivity index (χ3v) is 13.4. The van der Waals surface area contributed by atoms with E-state index in [4.69, 9.17) is 0 Å². The number of allylic oxidation sites excluding steroid dienone is 2. The SMILES string of the molecule is CC.CC.CC.CC.CC.CC.CC(C)C1=CCCCN(C)C1.CC(C)C1=CCCN(C)C1.CC(C)C1=CCCN(C)CC1.CC(C)C1=CCN(C)C1.CC(C)C1=CCN(C)CC1.CC(C)C1=CCN(C)CCC1. The summed E-state index contributed by atoms with van der Waals surface area (Å²) in [4.78, 5) is 14.3. The first kappa shape index (κ1) is 83.5. The average molecular weight is 1040 g/mol. The molecular formula is C68H142N6. The Bertz CT molecular complexity index is 1380. The second-order valence-corrected chi connectivity index (χ2v) is 21.4. The third kappa shape index (κ3) is 47.4. The summed E-state index contributed by atoms with van der Waals surface area (Å²) >= 11 is 0. The molecule has 0 saturated carbocycles. The molecule has 444 valence electrons. The zero-order valence-corrected chi connectivity index (χ0v) is 56.8. The smallest absolute Gasteiger partial charge is 0.0196 e. The Morgan fingerprint density at radius 3 is 0.905 bits per heavy atom. The number of likely N-dealkylation sites (N-methyl/N-ethyl adjacent to an activating group) is 5. The first-order valence-corrected chi connectivity index (χ1v) is 31.4. The molecule has 6 aliphatic rings. The minimum atomic E-state index is 0.732. The Morgan fingerprint density at radius 2 is 0.527 bits per heavy atom. The van der Waals surface area contributed by atoms with Gasteiger partial charge in [-0.05, 0) is 142 Å². The first-order chi connectivity index (χ1) is 35.2. The lowest BCUT2D eigenvalue weighted by atomic mass is 9.97. The quantitative estimate of drug-likeness (QED) is 0.245. The van der Waals surface area contributed by atoms with Gasteiger partial charge >= 0.3 is 0 Å². The molecule has 0 N–H and O–H groups in total. The van der Waals surface area contributed by atoms with Crippen LogP contribution in [0.25, 0.3) is 0 Å². The van der Waals surface area contributed by atoms with Crippen LogP contribution in [0.5, 0.6) is 0 Å². The van der Waals surface area contributed by atoms with Crippen molar-refractivity contribution in [1.82, 2.24) is 29.4 Å². The molecule has 74 heavy (non-hydrogen) atoms. The second kappa shape index (κ2) is 57.4. The van der Waals surface area contributed by atoms with Crippen LogP contribution in [-0.2, 0) is 0 Å². The Balaban J connectivity index is -0.000000180. The van der Waals surface area contributed by atoms with Gasteiger partial charge in [0.1, 0.15) is 0 Å². The van der Waals surface area contributed by atoms with Gasteiger partial charge in [0.05, 0.1) is 0 Å². The average Bonchev–Trinajstić information content (AvgIpc) is 3.54.